The SMILES string of the molecule is CNCCC#Cc1csc2ccccc12. The molecule has 1 aromatic heterocycles. The summed E-state index contributed by atoms with van der Waals surface area (Å²) in [7, 11) is 1.95. The van der Waals surface area contributed by atoms with Crippen molar-refractivity contribution in [3.63, 3.8) is 0 Å². The monoisotopic (exact) mass is 215 g/mol. The van der Waals surface area contributed by atoms with Gasteiger partial charge in [-0.1, -0.05) is 30.0 Å². The van der Waals surface area contributed by atoms with E-state index in [-0.39, 0.29) is 0 Å². The smallest absolute Gasteiger partial charge is 0.0431 e. The number of fused-ring (bicyclic) bond motifs is 1. The Morgan fingerprint density at radius 2 is 2.20 bits per heavy atom. The fraction of sp³-hybridized carbons (Fsp3) is 0.231. The fourth-order valence-corrected chi connectivity index (χ4v) is 2.31. The van der Waals surface area contributed by atoms with Crippen molar-refractivity contribution in [2.75, 3.05) is 13.6 Å². The lowest BCUT2D eigenvalue weighted by Crippen LogP contribution is -2.05. The predicted molar refractivity (Wildman–Crippen MR) is 67.2 cm³/mol. The number of nitrogens with one attached hydrogen (secondary N) is 1. The molecule has 0 amide bonds. The minimum Gasteiger partial charge on any atom is -0.319 e. The summed E-state index contributed by atoms with van der Waals surface area (Å²) in [5, 5.41) is 6.50. The molecule has 0 saturated carbocycles. The average Bonchev–Trinajstić information content (AvgIpc) is 2.68. The highest BCUT2D eigenvalue weighted by Crippen LogP contribution is 2.24. The van der Waals surface area contributed by atoms with E-state index in [0.717, 1.165) is 18.5 Å². The average molecular weight is 215 g/mol. The molecule has 15 heavy (non-hydrogen) atoms. The molecule has 1 N–H and O–H groups in total. The van der Waals surface area contributed by atoms with Crippen LogP contribution in [0.2, 0.25) is 0 Å². The van der Waals surface area contributed by atoms with Crippen molar-refractivity contribution in [2.24, 2.45) is 0 Å². The molecule has 0 unspecified atom stereocenters. The zero-order valence-electron chi connectivity index (χ0n) is 8.71. The molecule has 0 spiro atoms. The zero-order chi connectivity index (χ0) is 10.5. The molecule has 1 heterocycles. The number of hydrogen-bond acceptors (Lipinski definition) is 2. The van der Waals surface area contributed by atoms with Crippen molar-refractivity contribution in [2.45, 2.75) is 6.42 Å². The van der Waals surface area contributed by atoms with Crippen LogP contribution in [0.4, 0.5) is 0 Å². The lowest BCUT2D eigenvalue weighted by molar-refractivity contribution is 0.818. The van der Waals surface area contributed by atoms with Gasteiger partial charge in [0.05, 0.1) is 0 Å². The first kappa shape index (κ1) is 10.2. The van der Waals surface area contributed by atoms with Crippen LogP contribution < -0.4 is 5.32 Å². The maximum Gasteiger partial charge on any atom is 0.0431 e. The van der Waals surface area contributed by atoms with Crippen LogP contribution in [0.15, 0.2) is 29.6 Å². The molecule has 0 aliphatic rings. The molecule has 0 aliphatic heterocycles. The second kappa shape index (κ2) is 4.97. The van der Waals surface area contributed by atoms with Gasteiger partial charge in [-0.25, -0.2) is 0 Å². The fourth-order valence-electron chi connectivity index (χ4n) is 1.42. The second-order valence-electron chi connectivity index (χ2n) is 3.30. The quantitative estimate of drug-likeness (QED) is 0.600. The van der Waals surface area contributed by atoms with Crippen molar-refractivity contribution >= 4 is 21.4 Å². The molecule has 0 fully saturated rings. The van der Waals surface area contributed by atoms with E-state index in [4.69, 9.17) is 0 Å². The normalized spacial score (nSPS) is 9.93. The first-order valence-electron chi connectivity index (χ1n) is 5.01. The summed E-state index contributed by atoms with van der Waals surface area (Å²) in [4.78, 5) is 0. The first-order chi connectivity index (χ1) is 7.42. The Hall–Kier alpha value is -1.30. The predicted octanol–water partition coefficient (Wildman–Crippen LogP) is 2.86. The molecule has 0 aliphatic carbocycles. The minimum atomic E-state index is 0.903. The van der Waals surface area contributed by atoms with E-state index in [1.54, 1.807) is 11.3 Å². The van der Waals surface area contributed by atoms with E-state index < -0.39 is 0 Å². The van der Waals surface area contributed by atoms with Crippen LogP contribution in [0.25, 0.3) is 10.1 Å². The minimum absolute atomic E-state index is 0.903. The third-order valence-corrected chi connectivity index (χ3v) is 3.17. The molecule has 0 bridgehead atoms. The van der Waals surface area contributed by atoms with Gasteiger partial charge in [0.2, 0.25) is 0 Å². The van der Waals surface area contributed by atoms with E-state index in [0.29, 0.717) is 0 Å². The van der Waals surface area contributed by atoms with Crippen molar-refractivity contribution in [3.8, 4) is 11.8 Å². The van der Waals surface area contributed by atoms with Crippen molar-refractivity contribution in [3.05, 3.63) is 35.2 Å². The van der Waals surface area contributed by atoms with Gasteiger partial charge in [0, 0.05) is 34.0 Å². The van der Waals surface area contributed by atoms with Crippen LogP contribution in [0.1, 0.15) is 12.0 Å². The van der Waals surface area contributed by atoms with Gasteiger partial charge in [-0.3, -0.25) is 0 Å². The molecular weight excluding hydrogens is 202 g/mol. The lowest BCUT2D eigenvalue weighted by Gasteiger charge is -1.89. The first-order valence-corrected chi connectivity index (χ1v) is 5.89. The highest BCUT2D eigenvalue weighted by atomic mass is 32.1. The number of hydrogen-bond donors (Lipinski definition) is 1. The molecule has 0 radical (unpaired) electrons. The maximum absolute atomic E-state index is 3.22. The van der Waals surface area contributed by atoms with Crippen molar-refractivity contribution < 1.29 is 0 Å². The third-order valence-electron chi connectivity index (χ3n) is 2.20. The molecule has 1 nitrogen and oxygen atoms in total. The van der Waals surface area contributed by atoms with Crippen molar-refractivity contribution in [1.82, 2.24) is 5.32 Å². The zero-order valence-corrected chi connectivity index (χ0v) is 9.53. The van der Waals surface area contributed by atoms with E-state index in [1.807, 2.05) is 7.05 Å². The summed E-state index contributed by atoms with van der Waals surface area (Å²) in [5.74, 6) is 6.40. The van der Waals surface area contributed by atoms with Gasteiger partial charge < -0.3 is 5.32 Å². The summed E-state index contributed by atoms with van der Waals surface area (Å²) in [5.41, 5.74) is 1.16. The number of benzene rings is 1. The van der Waals surface area contributed by atoms with Crippen LogP contribution in [-0.4, -0.2) is 13.6 Å². The van der Waals surface area contributed by atoms with Crippen LogP contribution in [0.3, 0.4) is 0 Å². The van der Waals surface area contributed by atoms with Gasteiger partial charge in [-0.05, 0) is 13.1 Å². The van der Waals surface area contributed by atoms with Gasteiger partial charge in [0.1, 0.15) is 0 Å². The second-order valence-corrected chi connectivity index (χ2v) is 4.21. The van der Waals surface area contributed by atoms with Crippen LogP contribution in [-0.2, 0) is 0 Å². The molecule has 2 aromatic rings. The standard InChI is InChI=1S/C13H13NS/c1-14-9-5-4-6-11-10-15-13-8-3-2-7-12(11)13/h2-3,7-8,10,14H,5,9H2,1H3. The van der Waals surface area contributed by atoms with Gasteiger partial charge >= 0.3 is 0 Å². The molecule has 2 rings (SSSR count). The summed E-state index contributed by atoms with van der Waals surface area (Å²) in [6, 6.07) is 8.40. The van der Waals surface area contributed by atoms with E-state index >= 15 is 0 Å². The highest BCUT2D eigenvalue weighted by molar-refractivity contribution is 7.17. The number of rotatable bonds is 2. The molecule has 76 valence electrons. The maximum atomic E-state index is 3.22. The lowest BCUT2D eigenvalue weighted by atomic mass is 10.2. The summed E-state index contributed by atoms with van der Waals surface area (Å²) < 4.78 is 1.32. The Labute approximate surface area is 94.1 Å². The largest absolute Gasteiger partial charge is 0.319 e. The van der Waals surface area contributed by atoms with E-state index in [1.165, 1.54) is 10.1 Å². The molecule has 1 aromatic carbocycles. The van der Waals surface area contributed by atoms with Crippen molar-refractivity contribution in [1.29, 1.82) is 0 Å². The topological polar surface area (TPSA) is 12.0 Å². The Bertz CT molecular complexity index is 502. The van der Waals surface area contributed by atoms with E-state index in [2.05, 4.69) is 46.8 Å². The Morgan fingerprint density at radius 3 is 3.07 bits per heavy atom. The Kier molecular flexibility index (Phi) is 3.39. The van der Waals surface area contributed by atoms with Gasteiger partial charge in [0.25, 0.3) is 0 Å². The van der Waals surface area contributed by atoms with Crippen LogP contribution >= 0.6 is 11.3 Å². The van der Waals surface area contributed by atoms with Crippen LogP contribution in [0, 0.1) is 11.8 Å². The Balaban J connectivity index is 2.23. The highest BCUT2D eigenvalue weighted by Gasteiger charge is 1.98. The van der Waals surface area contributed by atoms with Crippen LogP contribution in [0.5, 0.6) is 0 Å². The number of thiophene rings is 1. The van der Waals surface area contributed by atoms with Gasteiger partial charge in [-0.2, -0.15) is 0 Å². The van der Waals surface area contributed by atoms with Gasteiger partial charge in [-0.15, -0.1) is 11.3 Å². The molecule has 2 heteroatoms. The summed E-state index contributed by atoms with van der Waals surface area (Å²) in [6.07, 6.45) is 0.903. The molecule has 0 saturated heterocycles. The van der Waals surface area contributed by atoms with E-state index in [9.17, 15) is 0 Å². The molecular formula is C13H13NS. The summed E-state index contributed by atoms with van der Waals surface area (Å²) >= 11 is 1.76. The molecule has 0 atom stereocenters. The van der Waals surface area contributed by atoms with Gasteiger partial charge in [0.15, 0.2) is 0 Å². The summed E-state index contributed by atoms with van der Waals surface area (Å²) in [6.45, 7) is 0.953. The third kappa shape index (κ3) is 2.38. The Morgan fingerprint density at radius 1 is 1.33 bits per heavy atom.